The molecule has 6 heteroatoms. The molecule has 1 amide bonds. The molecule has 0 bridgehead atoms. The number of hydrogen-bond acceptors (Lipinski definition) is 5. The fraction of sp³-hybridized carbons (Fsp3) is 0.882. The molecule has 74 heavy (non-hydrogen) atoms. The number of rotatable bonds is 62. The third-order valence-corrected chi connectivity index (χ3v) is 15.4. The van der Waals surface area contributed by atoms with Crippen LogP contribution in [0.4, 0.5) is 0 Å². The van der Waals surface area contributed by atoms with Crippen molar-refractivity contribution in [2.45, 2.75) is 373 Å². The van der Waals surface area contributed by atoms with Gasteiger partial charge in [0.25, 0.3) is 0 Å². The zero-order valence-corrected chi connectivity index (χ0v) is 49.8. The van der Waals surface area contributed by atoms with Crippen molar-refractivity contribution >= 4 is 11.9 Å². The summed E-state index contributed by atoms with van der Waals surface area (Å²) in [5.41, 5.74) is 0. The second-order valence-corrected chi connectivity index (χ2v) is 22.8. The molecule has 0 aromatic rings. The molecule has 0 aliphatic carbocycles. The summed E-state index contributed by atoms with van der Waals surface area (Å²) in [6.45, 7) is 4.90. The van der Waals surface area contributed by atoms with E-state index in [1.54, 1.807) is 6.08 Å². The first-order valence-electron chi connectivity index (χ1n) is 33.3. The van der Waals surface area contributed by atoms with Gasteiger partial charge in [-0.3, -0.25) is 9.59 Å². The molecule has 0 radical (unpaired) electrons. The van der Waals surface area contributed by atoms with Gasteiger partial charge in [0.2, 0.25) is 5.91 Å². The predicted octanol–water partition coefficient (Wildman–Crippen LogP) is 21.1. The molecule has 0 aromatic heterocycles. The van der Waals surface area contributed by atoms with E-state index in [2.05, 4.69) is 43.5 Å². The molecule has 2 atom stereocenters. The standard InChI is InChI=1S/C68H129NO5/c1-3-5-7-9-11-13-14-15-16-17-29-33-36-39-42-46-50-54-58-62-68(73)74-63-59-55-51-47-43-40-37-34-31-28-26-24-22-20-18-19-21-23-25-27-30-32-35-38-41-45-49-53-57-61-67(72)69-65(64-70)66(71)60-56-52-48-44-12-10-8-6-4-2/h18,20,24,26,56,60,65-66,70-71H,3-17,19,21-23,25,27-55,57-59,61-64H2,1-2H3,(H,69,72)/b20-18-,26-24-,60-56+. The Morgan fingerprint density at radius 3 is 1.03 bits per heavy atom. The smallest absolute Gasteiger partial charge is 0.305 e. The van der Waals surface area contributed by atoms with E-state index in [-0.39, 0.29) is 18.5 Å². The Hall–Kier alpha value is -1.92. The van der Waals surface area contributed by atoms with Crippen LogP contribution in [0.5, 0.6) is 0 Å². The fourth-order valence-corrected chi connectivity index (χ4v) is 10.3. The number of unbranched alkanes of at least 4 members (excludes halogenated alkanes) is 47. The molecular formula is C68H129NO5. The Labute approximate surface area is 462 Å². The lowest BCUT2D eigenvalue weighted by Crippen LogP contribution is -2.45. The number of allylic oxidation sites excluding steroid dienone is 5. The van der Waals surface area contributed by atoms with Crippen molar-refractivity contribution in [2.24, 2.45) is 0 Å². The maximum Gasteiger partial charge on any atom is 0.305 e. The highest BCUT2D eigenvalue weighted by Gasteiger charge is 2.18. The average Bonchev–Trinajstić information content (AvgIpc) is 3.40. The molecule has 6 nitrogen and oxygen atoms in total. The van der Waals surface area contributed by atoms with Gasteiger partial charge < -0.3 is 20.3 Å². The van der Waals surface area contributed by atoms with Gasteiger partial charge in [0.1, 0.15) is 0 Å². The van der Waals surface area contributed by atoms with E-state index in [1.165, 1.54) is 289 Å². The van der Waals surface area contributed by atoms with Crippen molar-refractivity contribution in [3.63, 3.8) is 0 Å². The summed E-state index contributed by atoms with van der Waals surface area (Å²) < 4.78 is 5.51. The molecule has 0 saturated carbocycles. The topological polar surface area (TPSA) is 95.9 Å². The molecule has 0 heterocycles. The number of amides is 1. The molecular weight excluding hydrogens is 911 g/mol. The molecule has 2 unspecified atom stereocenters. The van der Waals surface area contributed by atoms with Crippen LogP contribution in [0.1, 0.15) is 361 Å². The van der Waals surface area contributed by atoms with Crippen LogP contribution in [-0.4, -0.2) is 47.4 Å². The number of carbonyl (C=O) groups excluding carboxylic acids is 2. The van der Waals surface area contributed by atoms with Crippen molar-refractivity contribution in [1.82, 2.24) is 5.32 Å². The van der Waals surface area contributed by atoms with Gasteiger partial charge in [-0.2, -0.15) is 0 Å². The Bertz CT molecular complexity index is 1200. The zero-order chi connectivity index (χ0) is 53.6. The molecule has 0 rings (SSSR count). The predicted molar refractivity (Wildman–Crippen MR) is 324 cm³/mol. The van der Waals surface area contributed by atoms with Crippen LogP contribution in [0.25, 0.3) is 0 Å². The normalized spacial score (nSPS) is 12.8. The second kappa shape index (κ2) is 63.6. The van der Waals surface area contributed by atoms with Crippen LogP contribution >= 0.6 is 0 Å². The number of esters is 1. The van der Waals surface area contributed by atoms with Gasteiger partial charge in [0.15, 0.2) is 0 Å². The SMILES string of the molecule is CCCCCCCCC/C=C/C(O)C(CO)NC(=O)CCCCCCCCCCCCCCC/C=C\C/C=C\CCCCCCCCCCCOC(=O)CCCCCCCCCCCCCCCCCCCCC. The molecule has 0 saturated heterocycles. The van der Waals surface area contributed by atoms with Crippen LogP contribution in [0, 0.1) is 0 Å². The quantitative estimate of drug-likeness (QED) is 0.0320. The van der Waals surface area contributed by atoms with Gasteiger partial charge in [-0.1, -0.05) is 320 Å². The molecule has 0 fully saturated rings. The van der Waals surface area contributed by atoms with E-state index in [4.69, 9.17) is 4.74 Å². The van der Waals surface area contributed by atoms with Gasteiger partial charge >= 0.3 is 5.97 Å². The Morgan fingerprint density at radius 1 is 0.378 bits per heavy atom. The minimum absolute atomic E-state index is 0.0166. The molecule has 0 aliphatic heterocycles. The summed E-state index contributed by atoms with van der Waals surface area (Å²) in [6.07, 6.45) is 80.8. The summed E-state index contributed by atoms with van der Waals surface area (Å²) in [6, 6.07) is -0.627. The van der Waals surface area contributed by atoms with Gasteiger partial charge in [-0.05, 0) is 64.2 Å². The largest absolute Gasteiger partial charge is 0.466 e. The Morgan fingerprint density at radius 2 is 0.676 bits per heavy atom. The number of carbonyl (C=O) groups is 2. The van der Waals surface area contributed by atoms with Gasteiger partial charge in [0.05, 0.1) is 25.4 Å². The molecule has 0 spiro atoms. The van der Waals surface area contributed by atoms with Crippen LogP contribution in [0.3, 0.4) is 0 Å². The number of hydrogen-bond donors (Lipinski definition) is 3. The third kappa shape index (κ3) is 59.3. The van der Waals surface area contributed by atoms with Gasteiger partial charge in [-0.25, -0.2) is 0 Å². The second-order valence-electron chi connectivity index (χ2n) is 22.8. The lowest BCUT2D eigenvalue weighted by molar-refractivity contribution is -0.143. The lowest BCUT2D eigenvalue weighted by Gasteiger charge is -2.20. The monoisotopic (exact) mass is 1040 g/mol. The highest BCUT2D eigenvalue weighted by molar-refractivity contribution is 5.76. The van der Waals surface area contributed by atoms with Gasteiger partial charge in [-0.15, -0.1) is 0 Å². The minimum Gasteiger partial charge on any atom is -0.466 e. The summed E-state index contributed by atoms with van der Waals surface area (Å²) >= 11 is 0. The van der Waals surface area contributed by atoms with Crippen LogP contribution in [-0.2, 0) is 14.3 Å². The van der Waals surface area contributed by atoms with E-state index in [0.29, 0.717) is 19.4 Å². The molecule has 0 aliphatic rings. The number of aliphatic hydroxyl groups excluding tert-OH is 2. The van der Waals surface area contributed by atoms with Crippen molar-refractivity contribution in [3.05, 3.63) is 36.5 Å². The van der Waals surface area contributed by atoms with E-state index in [9.17, 15) is 19.8 Å². The van der Waals surface area contributed by atoms with Crippen molar-refractivity contribution in [1.29, 1.82) is 0 Å². The first-order valence-corrected chi connectivity index (χ1v) is 33.3. The van der Waals surface area contributed by atoms with E-state index >= 15 is 0 Å². The summed E-state index contributed by atoms with van der Waals surface area (Å²) in [5, 5.41) is 23.0. The van der Waals surface area contributed by atoms with Crippen molar-refractivity contribution in [2.75, 3.05) is 13.2 Å². The zero-order valence-electron chi connectivity index (χ0n) is 49.8. The summed E-state index contributed by atoms with van der Waals surface area (Å²) in [5.74, 6) is -0.0545. The first kappa shape index (κ1) is 72.1. The van der Waals surface area contributed by atoms with Crippen molar-refractivity contribution in [3.8, 4) is 0 Å². The third-order valence-electron chi connectivity index (χ3n) is 15.4. The Kier molecular flexibility index (Phi) is 62.0. The average molecular weight is 1040 g/mol. The fourth-order valence-electron chi connectivity index (χ4n) is 10.3. The van der Waals surface area contributed by atoms with Crippen LogP contribution in [0.15, 0.2) is 36.5 Å². The minimum atomic E-state index is -0.843. The first-order chi connectivity index (χ1) is 36.5. The van der Waals surface area contributed by atoms with Crippen LogP contribution < -0.4 is 5.32 Å². The molecule has 436 valence electrons. The maximum absolute atomic E-state index is 12.4. The highest BCUT2D eigenvalue weighted by atomic mass is 16.5. The summed E-state index contributed by atoms with van der Waals surface area (Å²) in [7, 11) is 0. The maximum atomic E-state index is 12.4. The van der Waals surface area contributed by atoms with Crippen molar-refractivity contribution < 1.29 is 24.5 Å². The van der Waals surface area contributed by atoms with E-state index < -0.39 is 12.1 Å². The summed E-state index contributed by atoms with van der Waals surface area (Å²) in [4.78, 5) is 24.5. The number of ether oxygens (including phenoxy) is 1. The van der Waals surface area contributed by atoms with Crippen LogP contribution in [0.2, 0.25) is 0 Å². The lowest BCUT2D eigenvalue weighted by atomic mass is 10.0. The number of nitrogens with one attached hydrogen (secondary N) is 1. The highest BCUT2D eigenvalue weighted by Crippen LogP contribution is 2.18. The number of aliphatic hydroxyl groups is 2. The van der Waals surface area contributed by atoms with E-state index in [1.807, 2.05) is 6.08 Å². The van der Waals surface area contributed by atoms with E-state index in [0.717, 1.165) is 44.9 Å². The molecule has 3 N–H and O–H groups in total. The van der Waals surface area contributed by atoms with Gasteiger partial charge in [0, 0.05) is 12.8 Å². The molecule has 0 aromatic carbocycles. The Balaban J connectivity index is 3.36.